The van der Waals surface area contributed by atoms with Crippen LogP contribution in [0.1, 0.15) is 18.0 Å². The van der Waals surface area contributed by atoms with E-state index in [0.717, 1.165) is 0 Å². The number of phenolic OH excluding ortho intramolecular Hbond substituents is 1. The molecule has 0 saturated heterocycles. The smallest absolute Gasteiger partial charge is 0.307 e. The van der Waals surface area contributed by atoms with Gasteiger partial charge in [0.05, 0.1) is 27.8 Å². The van der Waals surface area contributed by atoms with Crippen molar-refractivity contribution < 1.29 is 24.1 Å². The Bertz CT molecular complexity index is 413. The Kier molecular flexibility index (Phi) is 7.03. The summed E-state index contributed by atoms with van der Waals surface area (Å²) in [5.41, 5.74) is 6.49. The van der Waals surface area contributed by atoms with Gasteiger partial charge in [-0.1, -0.05) is 0 Å². The number of phenols is 1. The highest BCUT2D eigenvalue weighted by Crippen LogP contribution is 2.38. The van der Waals surface area contributed by atoms with Crippen LogP contribution >= 0.6 is 12.4 Å². The molecule has 19 heavy (non-hydrogen) atoms. The fourth-order valence-corrected chi connectivity index (χ4v) is 1.51. The molecule has 0 saturated carbocycles. The average molecular weight is 292 g/mol. The summed E-state index contributed by atoms with van der Waals surface area (Å²) < 4.78 is 14.6. The molecule has 1 atom stereocenters. The number of hydrogen-bond donors (Lipinski definition) is 2. The third kappa shape index (κ3) is 4.18. The number of ether oxygens (including phenoxy) is 3. The van der Waals surface area contributed by atoms with Gasteiger partial charge in [-0.15, -0.1) is 12.4 Å². The predicted molar refractivity (Wildman–Crippen MR) is 72.0 cm³/mol. The van der Waals surface area contributed by atoms with Crippen molar-refractivity contribution in [1.82, 2.24) is 0 Å². The third-order valence-corrected chi connectivity index (χ3v) is 2.54. The van der Waals surface area contributed by atoms with Crippen LogP contribution in [-0.2, 0) is 9.53 Å². The van der Waals surface area contributed by atoms with Crippen molar-refractivity contribution in [1.29, 1.82) is 0 Å². The van der Waals surface area contributed by atoms with Crippen LogP contribution in [0, 0.1) is 0 Å². The zero-order valence-corrected chi connectivity index (χ0v) is 11.8. The van der Waals surface area contributed by atoms with E-state index in [1.807, 2.05) is 0 Å². The Morgan fingerprint density at radius 3 is 2.11 bits per heavy atom. The van der Waals surface area contributed by atoms with Gasteiger partial charge in [0.2, 0.25) is 5.75 Å². The summed E-state index contributed by atoms with van der Waals surface area (Å²) in [6, 6.07) is 2.57. The average Bonchev–Trinajstić information content (AvgIpc) is 2.38. The SMILES string of the molecule is COC(=O)C[C@@H](N)c1cc(OC)c(O)c(OC)c1.Cl. The molecule has 0 aliphatic rings. The maximum absolute atomic E-state index is 11.2. The summed E-state index contributed by atoms with van der Waals surface area (Å²) in [7, 11) is 4.14. The van der Waals surface area contributed by atoms with Crippen LogP contribution in [0.2, 0.25) is 0 Å². The van der Waals surface area contributed by atoms with Gasteiger partial charge in [0.25, 0.3) is 0 Å². The van der Waals surface area contributed by atoms with E-state index in [0.29, 0.717) is 5.56 Å². The van der Waals surface area contributed by atoms with Gasteiger partial charge in [0, 0.05) is 6.04 Å². The van der Waals surface area contributed by atoms with Crippen molar-refractivity contribution in [2.24, 2.45) is 5.73 Å². The number of halogens is 1. The van der Waals surface area contributed by atoms with Crippen molar-refractivity contribution in [3.8, 4) is 17.2 Å². The molecule has 0 aliphatic heterocycles. The van der Waals surface area contributed by atoms with Gasteiger partial charge in [0.15, 0.2) is 11.5 Å². The van der Waals surface area contributed by atoms with Crippen molar-refractivity contribution in [3.05, 3.63) is 17.7 Å². The summed E-state index contributed by atoms with van der Waals surface area (Å²) in [5.74, 6) is -0.0307. The van der Waals surface area contributed by atoms with Gasteiger partial charge in [0.1, 0.15) is 0 Å². The van der Waals surface area contributed by atoms with Gasteiger partial charge < -0.3 is 25.1 Å². The van der Waals surface area contributed by atoms with E-state index >= 15 is 0 Å². The molecule has 0 bridgehead atoms. The minimum absolute atomic E-state index is 0. The number of rotatable bonds is 5. The molecular formula is C12H18ClNO5. The second-order valence-electron chi connectivity index (χ2n) is 3.66. The molecule has 1 rings (SSSR count). The van der Waals surface area contributed by atoms with Gasteiger partial charge in [-0.25, -0.2) is 0 Å². The molecule has 1 aromatic rings. The number of hydrogen-bond acceptors (Lipinski definition) is 6. The molecule has 3 N–H and O–H groups in total. The third-order valence-electron chi connectivity index (χ3n) is 2.54. The van der Waals surface area contributed by atoms with Crippen LogP contribution in [0.15, 0.2) is 12.1 Å². The highest BCUT2D eigenvalue weighted by atomic mass is 35.5. The van der Waals surface area contributed by atoms with Crippen LogP contribution < -0.4 is 15.2 Å². The number of carbonyl (C=O) groups excluding carboxylic acids is 1. The van der Waals surface area contributed by atoms with Gasteiger partial charge in [-0.05, 0) is 17.7 Å². The zero-order chi connectivity index (χ0) is 13.7. The first-order valence-corrected chi connectivity index (χ1v) is 5.30. The Balaban J connectivity index is 0.00000324. The molecule has 0 amide bonds. The van der Waals surface area contributed by atoms with Gasteiger partial charge >= 0.3 is 5.97 Å². The standard InChI is InChI=1S/C12H17NO5.ClH/c1-16-9-4-7(5-10(17-2)12(9)15)8(13)6-11(14)18-3;/h4-5,8,15H,6,13H2,1-3H3;1H/t8-;/m1./s1. The first-order chi connectivity index (χ1) is 8.53. The van der Waals surface area contributed by atoms with E-state index in [1.54, 1.807) is 12.1 Å². The van der Waals surface area contributed by atoms with Gasteiger partial charge in [-0.2, -0.15) is 0 Å². The molecule has 0 heterocycles. The molecule has 7 heteroatoms. The zero-order valence-electron chi connectivity index (χ0n) is 11.0. The molecule has 0 aromatic heterocycles. The van der Waals surface area contributed by atoms with Crippen LogP contribution in [0.3, 0.4) is 0 Å². The number of aromatic hydroxyl groups is 1. The highest BCUT2D eigenvalue weighted by Gasteiger charge is 2.17. The molecule has 0 spiro atoms. The summed E-state index contributed by atoms with van der Waals surface area (Å²) >= 11 is 0. The predicted octanol–water partition coefficient (Wildman–Crippen LogP) is 1.39. The van der Waals surface area contributed by atoms with Crippen LogP contribution in [0.5, 0.6) is 17.2 Å². The normalized spacial score (nSPS) is 11.2. The lowest BCUT2D eigenvalue weighted by Gasteiger charge is -2.15. The summed E-state index contributed by atoms with van der Waals surface area (Å²) in [6.07, 6.45) is 0.0353. The summed E-state index contributed by atoms with van der Waals surface area (Å²) in [4.78, 5) is 11.2. The van der Waals surface area contributed by atoms with Crippen molar-refractivity contribution >= 4 is 18.4 Å². The number of carbonyl (C=O) groups is 1. The molecular weight excluding hydrogens is 274 g/mol. The fraction of sp³-hybridized carbons (Fsp3) is 0.417. The Labute approximate surface area is 117 Å². The van der Waals surface area contributed by atoms with Gasteiger partial charge in [-0.3, -0.25) is 4.79 Å². The Hall–Kier alpha value is -1.66. The van der Waals surface area contributed by atoms with Crippen LogP contribution in [0.25, 0.3) is 0 Å². The largest absolute Gasteiger partial charge is 0.502 e. The van der Waals surface area contributed by atoms with E-state index in [4.69, 9.17) is 15.2 Å². The summed E-state index contributed by atoms with van der Waals surface area (Å²) in [5, 5.41) is 9.74. The summed E-state index contributed by atoms with van der Waals surface area (Å²) in [6.45, 7) is 0. The topological polar surface area (TPSA) is 91.0 Å². The Morgan fingerprint density at radius 2 is 1.74 bits per heavy atom. The van der Waals surface area contributed by atoms with E-state index in [9.17, 15) is 9.90 Å². The van der Waals surface area contributed by atoms with E-state index in [1.165, 1.54) is 21.3 Å². The second-order valence-corrected chi connectivity index (χ2v) is 3.66. The minimum Gasteiger partial charge on any atom is -0.502 e. The van der Waals surface area contributed by atoms with E-state index in [2.05, 4.69) is 4.74 Å². The number of methoxy groups -OCH3 is 3. The van der Waals surface area contributed by atoms with Crippen LogP contribution in [-0.4, -0.2) is 32.4 Å². The first-order valence-electron chi connectivity index (χ1n) is 5.30. The Morgan fingerprint density at radius 1 is 1.26 bits per heavy atom. The maximum atomic E-state index is 11.2. The lowest BCUT2D eigenvalue weighted by atomic mass is 10.0. The molecule has 0 aliphatic carbocycles. The quantitative estimate of drug-likeness (QED) is 0.797. The van der Waals surface area contributed by atoms with Crippen molar-refractivity contribution in [3.63, 3.8) is 0 Å². The van der Waals surface area contributed by atoms with Crippen molar-refractivity contribution in [2.75, 3.05) is 21.3 Å². The molecule has 108 valence electrons. The molecule has 0 fully saturated rings. The lowest BCUT2D eigenvalue weighted by molar-refractivity contribution is -0.141. The highest BCUT2D eigenvalue weighted by molar-refractivity contribution is 5.85. The first kappa shape index (κ1) is 17.3. The molecule has 0 radical (unpaired) electrons. The maximum Gasteiger partial charge on any atom is 0.307 e. The monoisotopic (exact) mass is 291 g/mol. The van der Waals surface area contributed by atoms with Crippen molar-refractivity contribution in [2.45, 2.75) is 12.5 Å². The lowest BCUT2D eigenvalue weighted by Crippen LogP contribution is -2.16. The minimum atomic E-state index is -0.555. The molecule has 1 aromatic carbocycles. The second kappa shape index (κ2) is 7.70. The molecule has 6 nitrogen and oxygen atoms in total. The fourth-order valence-electron chi connectivity index (χ4n) is 1.51. The van der Waals surface area contributed by atoms with E-state index < -0.39 is 12.0 Å². The van der Waals surface area contributed by atoms with E-state index in [-0.39, 0.29) is 36.1 Å². The molecule has 0 unspecified atom stereocenters. The van der Waals surface area contributed by atoms with Crippen LogP contribution in [0.4, 0.5) is 0 Å². The number of benzene rings is 1. The number of esters is 1. The number of nitrogens with two attached hydrogens (primary N) is 1.